The molecule has 1 saturated heterocycles. The van der Waals surface area contributed by atoms with Crippen molar-refractivity contribution in [3.63, 3.8) is 0 Å². The normalized spacial score (nSPS) is 15.8. The second-order valence-corrected chi connectivity index (χ2v) is 6.54. The number of carbonyl (C=O) groups excluding carboxylic acids is 1. The molecular formula is C17H20N4O2S. The third-order valence-corrected chi connectivity index (χ3v) is 4.78. The molecule has 1 aliphatic rings. The fourth-order valence-electron chi connectivity index (χ4n) is 2.79. The first kappa shape index (κ1) is 16.6. The van der Waals surface area contributed by atoms with E-state index in [-0.39, 0.29) is 0 Å². The Morgan fingerprint density at radius 1 is 1.29 bits per heavy atom. The minimum Gasteiger partial charge on any atom is -0.368 e. The van der Waals surface area contributed by atoms with Gasteiger partial charge in [0.2, 0.25) is 0 Å². The number of anilines is 1. The molecule has 0 bridgehead atoms. The van der Waals surface area contributed by atoms with Crippen LogP contribution in [0.1, 0.15) is 10.6 Å². The number of hydrogen-bond acceptors (Lipinski definition) is 6. The fraction of sp³-hybridized carbons (Fsp3) is 0.294. The Morgan fingerprint density at radius 2 is 2.08 bits per heavy atom. The van der Waals surface area contributed by atoms with E-state index in [0.29, 0.717) is 0 Å². The van der Waals surface area contributed by atoms with Crippen LogP contribution in [0.25, 0.3) is 6.08 Å². The van der Waals surface area contributed by atoms with Crippen LogP contribution in [-0.4, -0.2) is 47.2 Å². The van der Waals surface area contributed by atoms with Crippen LogP contribution in [0, 0.1) is 0 Å². The molecule has 1 amide bonds. The average Bonchev–Trinajstić information content (AvgIpc) is 3.13. The van der Waals surface area contributed by atoms with Gasteiger partial charge < -0.3 is 4.90 Å². The van der Waals surface area contributed by atoms with E-state index in [4.69, 9.17) is 5.21 Å². The van der Waals surface area contributed by atoms with Crippen molar-refractivity contribution in [2.24, 2.45) is 0 Å². The van der Waals surface area contributed by atoms with Crippen LogP contribution >= 0.6 is 11.3 Å². The van der Waals surface area contributed by atoms with E-state index < -0.39 is 5.91 Å². The molecule has 0 aliphatic carbocycles. The number of nitrogens with one attached hydrogen (secondary N) is 1. The zero-order valence-electron chi connectivity index (χ0n) is 13.3. The summed E-state index contributed by atoms with van der Waals surface area (Å²) in [7, 11) is 0. The van der Waals surface area contributed by atoms with Gasteiger partial charge in [-0.25, -0.2) is 10.5 Å². The molecule has 24 heavy (non-hydrogen) atoms. The highest BCUT2D eigenvalue weighted by molar-refractivity contribution is 7.09. The van der Waals surface area contributed by atoms with Crippen LogP contribution in [0.3, 0.4) is 0 Å². The van der Waals surface area contributed by atoms with Gasteiger partial charge in [0, 0.05) is 49.5 Å². The molecule has 2 aromatic rings. The van der Waals surface area contributed by atoms with Gasteiger partial charge in [-0.05, 0) is 17.7 Å². The predicted octanol–water partition coefficient (Wildman–Crippen LogP) is 1.98. The van der Waals surface area contributed by atoms with Gasteiger partial charge in [0.1, 0.15) is 5.01 Å². The zero-order chi connectivity index (χ0) is 16.8. The van der Waals surface area contributed by atoms with Crippen LogP contribution in [-0.2, 0) is 11.3 Å². The summed E-state index contributed by atoms with van der Waals surface area (Å²) in [6.07, 6.45) is 4.90. The van der Waals surface area contributed by atoms with Gasteiger partial charge in [-0.15, -0.1) is 11.3 Å². The summed E-state index contributed by atoms with van der Waals surface area (Å²) >= 11 is 1.69. The second-order valence-electron chi connectivity index (χ2n) is 5.56. The third kappa shape index (κ3) is 4.19. The molecule has 0 unspecified atom stereocenters. The van der Waals surface area contributed by atoms with E-state index in [1.54, 1.807) is 22.9 Å². The number of rotatable bonds is 5. The maximum absolute atomic E-state index is 11.2. The van der Waals surface area contributed by atoms with E-state index in [0.717, 1.165) is 49.0 Å². The minimum atomic E-state index is -0.530. The van der Waals surface area contributed by atoms with Crippen molar-refractivity contribution in [1.29, 1.82) is 0 Å². The summed E-state index contributed by atoms with van der Waals surface area (Å²) in [5.74, 6) is -0.530. The molecule has 126 valence electrons. The highest BCUT2D eigenvalue weighted by Crippen LogP contribution is 2.23. The van der Waals surface area contributed by atoms with Crippen LogP contribution in [0.4, 0.5) is 5.69 Å². The SMILES string of the molecule is O=C(/C=C/c1ccccc1N1CCN(Cc2nccs2)CC1)NO. The number of hydrogen-bond donors (Lipinski definition) is 2. The summed E-state index contributed by atoms with van der Waals surface area (Å²) < 4.78 is 0. The highest BCUT2D eigenvalue weighted by Gasteiger charge is 2.19. The minimum absolute atomic E-state index is 0.530. The Balaban J connectivity index is 1.64. The maximum atomic E-state index is 11.2. The van der Waals surface area contributed by atoms with E-state index in [9.17, 15) is 4.79 Å². The van der Waals surface area contributed by atoms with Crippen molar-refractivity contribution in [2.45, 2.75) is 6.54 Å². The topological polar surface area (TPSA) is 68.7 Å². The Morgan fingerprint density at radius 3 is 2.79 bits per heavy atom. The third-order valence-electron chi connectivity index (χ3n) is 4.02. The lowest BCUT2D eigenvalue weighted by Crippen LogP contribution is -2.46. The Hall–Kier alpha value is -2.22. The molecule has 7 heteroatoms. The summed E-state index contributed by atoms with van der Waals surface area (Å²) in [5.41, 5.74) is 3.68. The van der Waals surface area contributed by atoms with Gasteiger partial charge in [-0.1, -0.05) is 18.2 Å². The van der Waals surface area contributed by atoms with Crippen LogP contribution in [0.5, 0.6) is 0 Å². The first-order chi connectivity index (χ1) is 11.8. The zero-order valence-corrected chi connectivity index (χ0v) is 14.1. The Labute approximate surface area is 145 Å². The number of hydroxylamine groups is 1. The first-order valence-electron chi connectivity index (χ1n) is 7.83. The number of thiazole rings is 1. The van der Waals surface area contributed by atoms with E-state index in [1.807, 2.05) is 29.8 Å². The van der Waals surface area contributed by atoms with Crippen molar-refractivity contribution in [1.82, 2.24) is 15.4 Å². The lowest BCUT2D eigenvalue weighted by molar-refractivity contribution is -0.124. The predicted molar refractivity (Wildman–Crippen MR) is 95.0 cm³/mol. The standard InChI is InChI=1S/C17H20N4O2S/c22-16(19-23)6-5-14-3-1-2-4-15(14)21-10-8-20(9-11-21)13-17-18-7-12-24-17/h1-7,12,23H,8-11,13H2,(H,19,22)/b6-5+. The molecule has 2 N–H and O–H groups in total. The molecule has 0 radical (unpaired) electrons. The van der Waals surface area contributed by atoms with Crippen molar-refractivity contribution in [2.75, 3.05) is 31.1 Å². The lowest BCUT2D eigenvalue weighted by Gasteiger charge is -2.36. The van der Waals surface area contributed by atoms with Crippen LogP contribution < -0.4 is 10.4 Å². The van der Waals surface area contributed by atoms with E-state index >= 15 is 0 Å². The summed E-state index contributed by atoms with van der Waals surface area (Å²) in [5, 5.41) is 11.8. The second kappa shape index (κ2) is 8.05. The molecular weight excluding hydrogens is 324 g/mol. The van der Waals surface area contributed by atoms with E-state index in [1.165, 1.54) is 6.08 Å². The molecule has 1 aromatic carbocycles. The number of para-hydroxylation sites is 1. The molecule has 0 spiro atoms. The van der Waals surface area contributed by atoms with E-state index in [2.05, 4.69) is 20.9 Å². The van der Waals surface area contributed by atoms with Crippen molar-refractivity contribution in [3.05, 3.63) is 52.5 Å². The van der Waals surface area contributed by atoms with Crippen LogP contribution in [0.2, 0.25) is 0 Å². The quantitative estimate of drug-likeness (QED) is 0.493. The van der Waals surface area contributed by atoms with Crippen molar-refractivity contribution in [3.8, 4) is 0 Å². The largest absolute Gasteiger partial charge is 0.368 e. The first-order valence-corrected chi connectivity index (χ1v) is 8.71. The number of nitrogens with zero attached hydrogens (tertiary/aromatic N) is 3. The lowest BCUT2D eigenvalue weighted by atomic mass is 10.1. The molecule has 1 fully saturated rings. The Kier molecular flexibility index (Phi) is 5.58. The van der Waals surface area contributed by atoms with Gasteiger partial charge in [0.25, 0.3) is 5.91 Å². The number of aromatic nitrogens is 1. The van der Waals surface area contributed by atoms with Gasteiger partial charge in [0.15, 0.2) is 0 Å². The smallest absolute Gasteiger partial charge is 0.267 e. The summed E-state index contributed by atoms with van der Waals surface area (Å²) in [6, 6.07) is 7.98. The van der Waals surface area contributed by atoms with Crippen molar-refractivity contribution < 1.29 is 10.0 Å². The number of benzene rings is 1. The van der Waals surface area contributed by atoms with Gasteiger partial charge in [-0.2, -0.15) is 0 Å². The maximum Gasteiger partial charge on any atom is 0.267 e. The molecule has 6 nitrogen and oxygen atoms in total. The summed E-state index contributed by atoms with van der Waals surface area (Å²) in [4.78, 5) is 20.3. The molecule has 1 aromatic heterocycles. The fourth-order valence-corrected chi connectivity index (χ4v) is 3.45. The van der Waals surface area contributed by atoms with Crippen molar-refractivity contribution >= 4 is 29.0 Å². The molecule has 1 aliphatic heterocycles. The molecule has 0 saturated carbocycles. The molecule has 3 rings (SSSR count). The van der Waals surface area contributed by atoms with Gasteiger partial charge >= 0.3 is 0 Å². The highest BCUT2D eigenvalue weighted by atomic mass is 32.1. The number of piperazine rings is 1. The number of amides is 1. The molecule has 0 atom stereocenters. The van der Waals surface area contributed by atoms with Gasteiger partial charge in [0.05, 0.1) is 6.54 Å². The monoisotopic (exact) mass is 344 g/mol. The Bertz CT molecular complexity index is 694. The van der Waals surface area contributed by atoms with Gasteiger partial charge in [-0.3, -0.25) is 14.9 Å². The van der Waals surface area contributed by atoms with Crippen LogP contribution in [0.15, 0.2) is 41.9 Å². The summed E-state index contributed by atoms with van der Waals surface area (Å²) in [6.45, 7) is 4.73. The average molecular weight is 344 g/mol. The molecule has 2 heterocycles. The number of carbonyl (C=O) groups is 1.